The third kappa shape index (κ3) is 2.32. The first-order valence-electron chi connectivity index (χ1n) is 5.52. The SMILES string of the molecule is CC(NC1C=CCC1)C1CCCN1. The molecule has 2 nitrogen and oxygen atoms in total. The highest BCUT2D eigenvalue weighted by molar-refractivity contribution is 5.02. The molecule has 2 rings (SSSR count). The molecule has 1 saturated heterocycles. The van der Waals surface area contributed by atoms with Crippen molar-refractivity contribution in [2.24, 2.45) is 0 Å². The van der Waals surface area contributed by atoms with Crippen molar-refractivity contribution in [3.63, 3.8) is 0 Å². The summed E-state index contributed by atoms with van der Waals surface area (Å²) in [6.07, 6.45) is 9.82. The minimum absolute atomic E-state index is 0.621. The van der Waals surface area contributed by atoms with E-state index in [1.165, 1.54) is 32.2 Å². The zero-order valence-corrected chi connectivity index (χ0v) is 8.42. The van der Waals surface area contributed by atoms with Crippen molar-refractivity contribution in [1.29, 1.82) is 0 Å². The second kappa shape index (κ2) is 4.25. The molecular formula is C11H20N2. The van der Waals surface area contributed by atoms with E-state index in [2.05, 4.69) is 29.7 Å². The summed E-state index contributed by atoms with van der Waals surface area (Å²) in [5.41, 5.74) is 0. The maximum Gasteiger partial charge on any atom is 0.0256 e. The summed E-state index contributed by atoms with van der Waals surface area (Å²) in [6.45, 7) is 3.51. The van der Waals surface area contributed by atoms with E-state index in [9.17, 15) is 0 Å². The quantitative estimate of drug-likeness (QED) is 0.642. The van der Waals surface area contributed by atoms with Gasteiger partial charge in [-0.25, -0.2) is 0 Å². The fraction of sp³-hybridized carbons (Fsp3) is 0.818. The fourth-order valence-electron chi connectivity index (χ4n) is 2.36. The summed E-state index contributed by atoms with van der Waals surface area (Å²) in [6, 6.07) is 1.96. The first kappa shape index (κ1) is 9.22. The lowest BCUT2D eigenvalue weighted by molar-refractivity contribution is 0.399. The summed E-state index contributed by atoms with van der Waals surface area (Å²) in [4.78, 5) is 0. The third-order valence-electron chi connectivity index (χ3n) is 3.19. The zero-order chi connectivity index (χ0) is 9.10. The van der Waals surface area contributed by atoms with Crippen LogP contribution < -0.4 is 10.6 Å². The van der Waals surface area contributed by atoms with Gasteiger partial charge in [-0.05, 0) is 39.2 Å². The molecular weight excluding hydrogens is 160 g/mol. The van der Waals surface area contributed by atoms with Crippen LogP contribution in [-0.4, -0.2) is 24.7 Å². The average molecular weight is 180 g/mol. The van der Waals surface area contributed by atoms with Crippen molar-refractivity contribution >= 4 is 0 Å². The molecule has 1 aliphatic carbocycles. The Morgan fingerprint density at radius 1 is 1.46 bits per heavy atom. The van der Waals surface area contributed by atoms with Crippen LogP contribution in [0.4, 0.5) is 0 Å². The zero-order valence-electron chi connectivity index (χ0n) is 8.42. The van der Waals surface area contributed by atoms with E-state index in [0.29, 0.717) is 18.1 Å². The monoisotopic (exact) mass is 180 g/mol. The molecule has 74 valence electrons. The van der Waals surface area contributed by atoms with E-state index < -0.39 is 0 Å². The maximum atomic E-state index is 3.67. The van der Waals surface area contributed by atoms with Crippen LogP contribution in [0.1, 0.15) is 32.6 Å². The molecule has 0 aromatic heterocycles. The molecule has 13 heavy (non-hydrogen) atoms. The van der Waals surface area contributed by atoms with Crippen LogP contribution in [-0.2, 0) is 0 Å². The largest absolute Gasteiger partial charge is 0.312 e. The molecule has 0 bridgehead atoms. The molecule has 3 unspecified atom stereocenters. The van der Waals surface area contributed by atoms with E-state index in [-0.39, 0.29) is 0 Å². The molecule has 0 amide bonds. The normalized spacial score (nSPS) is 35.5. The van der Waals surface area contributed by atoms with Crippen molar-refractivity contribution in [1.82, 2.24) is 10.6 Å². The van der Waals surface area contributed by atoms with Gasteiger partial charge < -0.3 is 10.6 Å². The van der Waals surface area contributed by atoms with Gasteiger partial charge in [0, 0.05) is 18.1 Å². The lowest BCUT2D eigenvalue weighted by Crippen LogP contribution is -2.46. The minimum atomic E-state index is 0.621. The van der Waals surface area contributed by atoms with Gasteiger partial charge in [-0.3, -0.25) is 0 Å². The molecule has 1 aliphatic heterocycles. The molecule has 1 fully saturated rings. The number of allylic oxidation sites excluding steroid dienone is 1. The molecule has 0 radical (unpaired) electrons. The number of hydrogen-bond donors (Lipinski definition) is 2. The highest BCUT2D eigenvalue weighted by atomic mass is 15.0. The number of rotatable bonds is 3. The van der Waals surface area contributed by atoms with Gasteiger partial charge >= 0.3 is 0 Å². The van der Waals surface area contributed by atoms with E-state index in [1.54, 1.807) is 0 Å². The van der Waals surface area contributed by atoms with Gasteiger partial charge in [0.2, 0.25) is 0 Å². The highest BCUT2D eigenvalue weighted by Gasteiger charge is 2.22. The minimum Gasteiger partial charge on any atom is -0.312 e. The van der Waals surface area contributed by atoms with Gasteiger partial charge in [-0.1, -0.05) is 12.2 Å². The van der Waals surface area contributed by atoms with Gasteiger partial charge in [0.1, 0.15) is 0 Å². The van der Waals surface area contributed by atoms with E-state index in [1.807, 2.05) is 0 Å². The van der Waals surface area contributed by atoms with Gasteiger partial charge in [0.25, 0.3) is 0 Å². The van der Waals surface area contributed by atoms with Crippen LogP contribution in [0.3, 0.4) is 0 Å². The van der Waals surface area contributed by atoms with Crippen molar-refractivity contribution < 1.29 is 0 Å². The first-order chi connectivity index (χ1) is 6.36. The lowest BCUT2D eigenvalue weighted by atomic mass is 10.1. The molecule has 1 heterocycles. The van der Waals surface area contributed by atoms with E-state index in [0.717, 1.165) is 0 Å². The second-order valence-corrected chi connectivity index (χ2v) is 4.27. The second-order valence-electron chi connectivity index (χ2n) is 4.27. The van der Waals surface area contributed by atoms with Gasteiger partial charge in [0.05, 0.1) is 0 Å². The molecule has 0 saturated carbocycles. The molecule has 3 atom stereocenters. The third-order valence-corrected chi connectivity index (χ3v) is 3.19. The summed E-state index contributed by atoms with van der Waals surface area (Å²) >= 11 is 0. The maximum absolute atomic E-state index is 3.67. The molecule has 2 heteroatoms. The summed E-state index contributed by atoms with van der Waals surface area (Å²) in [7, 11) is 0. The summed E-state index contributed by atoms with van der Waals surface area (Å²) in [5.74, 6) is 0. The number of nitrogens with one attached hydrogen (secondary N) is 2. The average Bonchev–Trinajstić information content (AvgIpc) is 2.74. The van der Waals surface area contributed by atoms with Crippen LogP contribution in [0.15, 0.2) is 12.2 Å². The van der Waals surface area contributed by atoms with Crippen LogP contribution in [0.2, 0.25) is 0 Å². The Morgan fingerprint density at radius 2 is 2.38 bits per heavy atom. The Kier molecular flexibility index (Phi) is 3.01. The van der Waals surface area contributed by atoms with E-state index in [4.69, 9.17) is 0 Å². The fourth-order valence-corrected chi connectivity index (χ4v) is 2.36. The Morgan fingerprint density at radius 3 is 3.00 bits per heavy atom. The van der Waals surface area contributed by atoms with Gasteiger partial charge in [-0.2, -0.15) is 0 Å². The van der Waals surface area contributed by atoms with Crippen molar-refractivity contribution in [3.05, 3.63) is 12.2 Å². The van der Waals surface area contributed by atoms with Crippen molar-refractivity contribution in [2.75, 3.05) is 6.54 Å². The molecule has 0 aromatic rings. The van der Waals surface area contributed by atoms with Crippen LogP contribution in [0, 0.1) is 0 Å². The Bertz CT molecular complexity index is 183. The lowest BCUT2D eigenvalue weighted by Gasteiger charge is -2.24. The van der Waals surface area contributed by atoms with Gasteiger partial charge in [-0.15, -0.1) is 0 Å². The molecule has 2 aliphatic rings. The van der Waals surface area contributed by atoms with Gasteiger partial charge in [0.15, 0.2) is 0 Å². The molecule has 0 spiro atoms. The Labute approximate surface area is 80.8 Å². The van der Waals surface area contributed by atoms with Crippen LogP contribution >= 0.6 is 0 Å². The van der Waals surface area contributed by atoms with Crippen LogP contribution in [0.5, 0.6) is 0 Å². The summed E-state index contributed by atoms with van der Waals surface area (Å²) in [5, 5.41) is 7.22. The van der Waals surface area contributed by atoms with Crippen molar-refractivity contribution in [2.45, 2.75) is 50.7 Å². The molecule has 2 N–H and O–H groups in total. The smallest absolute Gasteiger partial charge is 0.0256 e. The van der Waals surface area contributed by atoms with Crippen LogP contribution in [0.25, 0.3) is 0 Å². The standard InChI is InChI=1S/C11H20N2/c1-9(11-7-4-8-12-11)13-10-5-2-3-6-10/h2,5,9-13H,3-4,6-8H2,1H3. The predicted molar refractivity (Wildman–Crippen MR) is 55.8 cm³/mol. The summed E-state index contributed by atoms with van der Waals surface area (Å²) < 4.78 is 0. The number of hydrogen-bond acceptors (Lipinski definition) is 2. The topological polar surface area (TPSA) is 24.1 Å². The highest BCUT2D eigenvalue weighted by Crippen LogP contribution is 2.13. The molecule has 0 aromatic carbocycles. The van der Waals surface area contributed by atoms with E-state index >= 15 is 0 Å². The first-order valence-corrected chi connectivity index (χ1v) is 5.52. The predicted octanol–water partition coefficient (Wildman–Crippen LogP) is 1.44. The Balaban J connectivity index is 1.76. The Hall–Kier alpha value is -0.340. The van der Waals surface area contributed by atoms with Crippen molar-refractivity contribution in [3.8, 4) is 0 Å².